The highest BCUT2D eigenvalue weighted by atomic mass is 35.5. The molecule has 1 atom stereocenters. The van der Waals surface area contributed by atoms with Crippen LogP contribution in [0.1, 0.15) is 53.2 Å². The molecule has 6 heteroatoms. The quantitative estimate of drug-likeness (QED) is 0.413. The fourth-order valence-corrected chi connectivity index (χ4v) is 4.14. The van der Waals surface area contributed by atoms with Crippen LogP contribution in [0.2, 0.25) is 5.02 Å². The van der Waals surface area contributed by atoms with Crippen LogP contribution in [-0.2, 0) is 24.1 Å². The number of unbranched alkanes of at least 4 members (excludes halogenated alkanes) is 1. The summed E-state index contributed by atoms with van der Waals surface area (Å²) >= 11 is 6.16. The van der Waals surface area contributed by atoms with Gasteiger partial charge in [0.1, 0.15) is 0 Å². The zero-order chi connectivity index (χ0) is 20.6. The molecule has 0 aromatic heterocycles. The molecule has 4 nitrogen and oxygen atoms in total. The zero-order valence-corrected chi connectivity index (χ0v) is 19.0. The number of carbonyl (C=O) groups is 2. The van der Waals surface area contributed by atoms with Gasteiger partial charge in [-0.1, -0.05) is 41.9 Å². The van der Waals surface area contributed by atoms with E-state index in [0.717, 1.165) is 61.3 Å². The van der Waals surface area contributed by atoms with Crippen LogP contribution in [0.4, 0.5) is 0 Å². The number of nitrogens with one attached hydrogen (secondary N) is 2. The van der Waals surface area contributed by atoms with Gasteiger partial charge < -0.3 is 10.6 Å². The van der Waals surface area contributed by atoms with E-state index >= 15 is 0 Å². The Morgan fingerprint density at radius 2 is 1.80 bits per heavy atom. The topological polar surface area (TPSA) is 58.2 Å². The van der Waals surface area contributed by atoms with Gasteiger partial charge in [-0.25, -0.2) is 0 Å². The lowest BCUT2D eigenvalue weighted by Crippen LogP contribution is -2.33. The lowest BCUT2D eigenvalue weighted by atomic mass is 10.0. The number of rotatable bonds is 10. The molecule has 0 radical (unpaired) electrons. The minimum absolute atomic E-state index is 0. The van der Waals surface area contributed by atoms with Gasteiger partial charge in [0.2, 0.25) is 5.91 Å². The van der Waals surface area contributed by atoms with Crippen molar-refractivity contribution < 1.29 is 9.59 Å². The lowest BCUT2D eigenvalue weighted by Gasteiger charge is -2.08. The minimum Gasteiger partial charge on any atom is -0.353 e. The fourth-order valence-electron chi connectivity index (χ4n) is 3.91. The molecule has 0 saturated heterocycles. The van der Waals surface area contributed by atoms with Crippen LogP contribution in [0.3, 0.4) is 0 Å². The van der Waals surface area contributed by atoms with E-state index in [0.29, 0.717) is 6.42 Å². The van der Waals surface area contributed by atoms with Crippen LogP contribution < -0.4 is 10.6 Å². The maximum absolute atomic E-state index is 12.5. The summed E-state index contributed by atoms with van der Waals surface area (Å²) < 4.78 is 0. The number of amides is 1. The van der Waals surface area contributed by atoms with Gasteiger partial charge in [-0.3, -0.25) is 9.59 Å². The van der Waals surface area contributed by atoms with Crippen molar-refractivity contribution in [2.24, 2.45) is 0 Å². The fraction of sp³-hybridized carbons (Fsp3) is 0.417. The third kappa shape index (κ3) is 7.12. The van der Waals surface area contributed by atoms with Crippen LogP contribution in [0.15, 0.2) is 42.5 Å². The second-order valence-electron chi connectivity index (χ2n) is 7.76. The number of carbonyl (C=O) groups excluding carboxylic acids is 2. The van der Waals surface area contributed by atoms with Gasteiger partial charge in [-0.15, -0.1) is 12.4 Å². The molecular formula is C24H30Cl2N2O2. The standard InChI is InChI=1S/C24H29ClN2O2.ClH/c1-17(28)27-22-15-19-9-10-20(14-21(19)16-22)24(29)8-4-5-12-26-13-11-18-6-2-3-7-23(18)25;/h2-3,6-7,9-10,14,22,26H,4-5,8,11-13,15-16H2,1H3,(H,27,28);1H. The van der Waals surface area contributed by atoms with E-state index in [-0.39, 0.29) is 30.1 Å². The molecule has 0 heterocycles. The van der Waals surface area contributed by atoms with Crippen molar-refractivity contribution in [3.8, 4) is 0 Å². The molecule has 0 saturated carbocycles. The Balaban J connectivity index is 0.00000320. The highest BCUT2D eigenvalue weighted by molar-refractivity contribution is 6.31. The first-order valence-electron chi connectivity index (χ1n) is 10.4. The van der Waals surface area contributed by atoms with Crippen molar-refractivity contribution in [1.82, 2.24) is 10.6 Å². The van der Waals surface area contributed by atoms with E-state index in [1.54, 1.807) is 6.92 Å². The first kappa shape index (κ1) is 24.4. The summed E-state index contributed by atoms with van der Waals surface area (Å²) in [6, 6.07) is 14.1. The first-order chi connectivity index (χ1) is 14.0. The third-order valence-electron chi connectivity index (χ3n) is 5.40. The predicted octanol–water partition coefficient (Wildman–Crippen LogP) is 4.55. The van der Waals surface area contributed by atoms with Crippen LogP contribution >= 0.6 is 24.0 Å². The van der Waals surface area contributed by atoms with Crippen LogP contribution in [0.25, 0.3) is 0 Å². The smallest absolute Gasteiger partial charge is 0.217 e. The number of halogens is 2. The van der Waals surface area contributed by atoms with Crippen molar-refractivity contribution >= 4 is 35.7 Å². The summed E-state index contributed by atoms with van der Waals surface area (Å²) in [5.74, 6) is 0.200. The normalized spacial score (nSPS) is 14.7. The Morgan fingerprint density at radius 1 is 1.03 bits per heavy atom. The number of fused-ring (bicyclic) bond motifs is 1. The Hall–Kier alpha value is -1.88. The second-order valence-corrected chi connectivity index (χ2v) is 8.17. The Morgan fingerprint density at radius 3 is 2.57 bits per heavy atom. The van der Waals surface area contributed by atoms with E-state index in [9.17, 15) is 9.59 Å². The van der Waals surface area contributed by atoms with Gasteiger partial charge in [0.25, 0.3) is 0 Å². The monoisotopic (exact) mass is 448 g/mol. The van der Waals surface area contributed by atoms with Crippen molar-refractivity contribution in [2.45, 2.75) is 51.5 Å². The molecule has 1 amide bonds. The molecular weight excluding hydrogens is 419 g/mol. The van der Waals surface area contributed by atoms with E-state index < -0.39 is 0 Å². The Bertz CT molecular complexity index is 870. The molecule has 162 valence electrons. The summed E-state index contributed by atoms with van der Waals surface area (Å²) in [5, 5.41) is 7.21. The Labute approximate surface area is 190 Å². The van der Waals surface area contributed by atoms with E-state index in [1.165, 1.54) is 11.1 Å². The molecule has 0 spiro atoms. The van der Waals surface area contributed by atoms with Crippen molar-refractivity contribution in [2.75, 3.05) is 13.1 Å². The van der Waals surface area contributed by atoms with Gasteiger partial charge in [0, 0.05) is 30.0 Å². The number of Topliss-reactive ketones (excluding diaryl/α,β-unsaturated/α-hetero) is 1. The highest BCUT2D eigenvalue weighted by Gasteiger charge is 2.22. The third-order valence-corrected chi connectivity index (χ3v) is 5.77. The maximum Gasteiger partial charge on any atom is 0.217 e. The van der Waals surface area contributed by atoms with Crippen molar-refractivity contribution in [3.63, 3.8) is 0 Å². The molecule has 2 aromatic carbocycles. The van der Waals surface area contributed by atoms with Crippen LogP contribution in [-0.4, -0.2) is 30.8 Å². The zero-order valence-electron chi connectivity index (χ0n) is 17.4. The molecule has 0 bridgehead atoms. The van der Waals surface area contributed by atoms with Gasteiger partial charge in [-0.05, 0) is 74.0 Å². The molecule has 2 aromatic rings. The van der Waals surface area contributed by atoms with Gasteiger partial charge in [0.05, 0.1) is 0 Å². The summed E-state index contributed by atoms with van der Waals surface area (Å²) in [5.41, 5.74) is 4.38. The van der Waals surface area contributed by atoms with E-state index in [4.69, 9.17) is 11.6 Å². The van der Waals surface area contributed by atoms with Crippen molar-refractivity contribution in [1.29, 1.82) is 0 Å². The minimum atomic E-state index is -0.000388. The van der Waals surface area contributed by atoms with Gasteiger partial charge in [0.15, 0.2) is 5.78 Å². The largest absolute Gasteiger partial charge is 0.353 e. The highest BCUT2D eigenvalue weighted by Crippen LogP contribution is 2.24. The molecule has 1 aliphatic rings. The predicted molar refractivity (Wildman–Crippen MR) is 125 cm³/mol. The average Bonchev–Trinajstić information content (AvgIpc) is 3.09. The molecule has 3 rings (SSSR count). The molecule has 1 unspecified atom stereocenters. The van der Waals surface area contributed by atoms with E-state index in [2.05, 4.69) is 16.7 Å². The molecule has 0 fully saturated rings. The SMILES string of the molecule is CC(=O)NC1Cc2ccc(C(=O)CCCCNCCc3ccccc3Cl)cc2C1.Cl. The first-order valence-corrected chi connectivity index (χ1v) is 10.8. The van der Waals surface area contributed by atoms with E-state index in [1.807, 2.05) is 36.4 Å². The summed E-state index contributed by atoms with van der Waals surface area (Å²) in [7, 11) is 0. The van der Waals surface area contributed by atoms with Crippen LogP contribution in [0, 0.1) is 0 Å². The average molecular weight is 449 g/mol. The summed E-state index contributed by atoms with van der Waals surface area (Å²) in [6.45, 7) is 3.34. The maximum atomic E-state index is 12.5. The summed E-state index contributed by atoms with van der Waals surface area (Å²) in [6.07, 6.45) is 5.00. The van der Waals surface area contributed by atoms with Crippen LogP contribution in [0.5, 0.6) is 0 Å². The second kappa shape index (κ2) is 12.1. The Kier molecular flexibility index (Phi) is 9.83. The number of ketones is 1. The number of hydrogen-bond acceptors (Lipinski definition) is 3. The van der Waals surface area contributed by atoms with Crippen molar-refractivity contribution in [3.05, 3.63) is 69.7 Å². The van der Waals surface area contributed by atoms with Gasteiger partial charge >= 0.3 is 0 Å². The molecule has 2 N–H and O–H groups in total. The molecule has 30 heavy (non-hydrogen) atoms. The molecule has 0 aliphatic heterocycles. The number of benzene rings is 2. The number of hydrogen-bond donors (Lipinski definition) is 2. The summed E-state index contributed by atoms with van der Waals surface area (Å²) in [4.78, 5) is 23.8. The lowest BCUT2D eigenvalue weighted by molar-refractivity contribution is -0.119. The molecule has 1 aliphatic carbocycles. The van der Waals surface area contributed by atoms with Gasteiger partial charge in [-0.2, -0.15) is 0 Å².